The minimum atomic E-state index is -4.97. The number of ether oxygens (including phenoxy) is 3. The van der Waals surface area contributed by atoms with Gasteiger partial charge in [-0.15, -0.1) is 13.2 Å². The van der Waals surface area contributed by atoms with Crippen molar-refractivity contribution in [3.8, 4) is 11.5 Å². The average molecular weight is 391 g/mol. The number of nitrogens with zero attached hydrogens (tertiary/aromatic N) is 1. The topological polar surface area (TPSA) is 57.7 Å². The third-order valence-corrected chi connectivity index (χ3v) is 2.60. The van der Waals surface area contributed by atoms with E-state index >= 15 is 0 Å². The van der Waals surface area contributed by atoms with Crippen LogP contribution in [0.25, 0.3) is 0 Å². The molecular weight excluding hydrogens is 382 g/mol. The number of pyridine rings is 1. The van der Waals surface area contributed by atoms with Crippen molar-refractivity contribution in [2.24, 2.45) is 0 Å². The third kappa shape index (κ3) is 4.11. The molecular formula is C10H9F3INO4. The molecule has 0 aliphatic rings. The van der Waals surface area contributed by atoms with Gasteiger partial charge in [0.1, 0.15) is 0 Å². The third-order valence-electron chi connectivity index (χ3n) is 1.84. The smallest absolute Gasteiger partial charge is 0.492 e. The van der Waals surface area contributed by atoms with Gasteiger partial charge in [-0.05, 0) is 29.5 Å². The summed E-state index contributed by atoms with van der Waals surface area (Å²) in [6, 6.07) is 0. The van der Waals surface area contributed by atoms with E-state index in [2.05, 4.69) is 14.5 Å². The second kappa shape index (κ2) is 6.26. The Hall–Kier alpha value is -1.26. The molecule has 0 saturated heterocycles. The largest absolute Gasteiger partial charge is 0.573 e. The van der Waals surface area contributed by atoms with Crippen LogP contribution in [0.5, 0.6) is 11.5 Å². The molecule has 0 saturated carbocycles. The lowest BCUT2D eigenvalue weighted by atomic mass is 10.3. The molecule has 0 atom stereocenters. The first-order valence-electron chi connectivity index (χ1n) is 4.95. The number of alkyl halides is 3. The van der Waals surface area contributed by atoms with Crippen LogP contribution < -0.4 is 9.47 Å². The van der Waals surface area contributed by atoms with Gasteiger partial charge in [0.2, 0.25) is 5.75 Å². The van der Waals surface area contributed by atoms with Crippen LogP contribution in [0, 0.1) is 3.57 Å². The van der Waals surface area contributed by atoms with Gasteiger partial charge in [0.25, 0.3) is 0 Å². The highest BCUT2D eigenvalue weighted by atomic mass is 127. The Morgan fingerprint density at radius 2 is 2.05 bits per heavy atom. The molecule has 0 fully saturated rings. The zero-order valence-corrected chi connectivity index (χ0v) is 12.0. The first-order chi connectivity index (χ1) is 8.80. The lowest BCUT2D eigenvalue weighted by Crippen LogP contribution is -2.21. The number of aromatic nitrogens is 1. The molecule has 5 nitrogen and oxygen atoms in total. The van der Waals surface area contributed by atoms with E-state index in [-0.39, 0.29) is 15.9 Å². The van der Waals surface area contributed by atoms with Crippen LogP contribution in [-0.4, -0.2) is 31.0 Å². The summed E-state index contributed by atoms with van der Waals surface area (Å²) in [5.74, 6) is -2.05. The number of esters is 1. The molecule has 0 aliphatic carbocycles. The molecule has 0 unspecified atom stereocenters. The first-order valence-corrected chi connectivity index (χ1v) is 6.03. The van der Waals surface area contributed by atoms with Crippen LogP contribution in [0.15, 0.2) is 6.20 Å². The van der Waals surface area contributed by atoms with Crippen LogP contribution in [-0.2, 0) is 4.74 Å². The van der Waals surface area contributed by atoms with Gasteiger partial charge in [0, 0.05) is 6.20 Å². The molecule has 1 heterocycles. The second-order valence-electron chi connectivity index (χ2n) is 3.09. The van der Waals surface area contributed by atoms with Crippen molar-refractivity contribution in [1.82, 2.24) is 4.98 Å². The van der Waals surface area contributed by atoms with Crippen molar-refractivity contribution in [2.45, 2.75) is 13.3 Å². The number of rotatable bonds is 4. The van der Waals surface area contributed by atoms with Gasteiger partial charge < -0.3 is 14.2 Å². The monoisotopic (exact) mass is 391 g/mol. The maximum atomic E-state index is 12.4. The molecule has 0 spiro atoms. The van der Waals surface area contributed by atoms with Gasteiger partial charge >= 0.3 is 12.3 Å². The molecule has 0 bridgehead atoms. The van der Waals surface area contributed by atoms with Gasteiger partial charge in [0.05, 0.1) is 17.3 Å². The van der Waals surface area contributed by atoms with E-state index < -0.39 is 23.8 Å². The molecule has 106 valence electrons. The summed E-state index contributed by atoms with van der Waals surface area (Å²) in [4.78, 5) is 15.1. The quantitative estimate of drug-likeness (QED) is 0.584. The SMILES string of the molecule is CCOC(=O)c1ncc(I)c(OC)c1OC(F)(F)F. The van der Waals surface area contributed by atoms with Gasteiger partial charge in [-0.3, -0.25) is 0 Å². The summed E-state index contributed by atoms with van der Waals surface area (Å²) < 4.78 is 50.6. The number of methoxy groups -OCH3 is 1. The van der Waals surface area contributed by atoms with Gasteiger partial charge in [-0.25, -0.2) is 9.78 Å². The Kier molecular flexibility index (Phi) is 5.20. The molecule has 0 aromatic carbocycles. The summed E-state index contributed by atoms with van der Waals surface area (Å²) >= 11 is 1.71. The van der Waals surface area contributed by atoms with Crippen LogP contribution in [0.1, 0.15) is 17.4 Å². The minimum absolute atomic E-state index is 0.000271. The van der Waals surface area contributed by atoms with E-state index in [1.54, 1.807) is 22.6 Å². The van der Waals surface area contributed by atoms with Gasteiger partial charge in [-0.2, -0.15) is 0 Å². The second-order valence-corrected chi connectivity index (χ2v) is 4.25. The maximum Gasteiger partial charge on any atom is 0.573 e. The fourth-order valence-electron chi connectivity index (χ4n) is 1.20. The van der Waals surface area contributed by atoms with E-state index in [0.717, 1.165) is 7.11 Å². The van der Waals surface area contributed by atoms with Crippen LogP contribution in [0.2, 0.25) is 0 Å². The molecule has 0 radical (unpaired) electrons. The van der Waals surface area contributed by atoms with Crippen molar-refractivity contribution in [3.05, 3.63) is 15.5 Å². The zero-order chi connectivity index (χ0) is 14.6. The Morgan fingerprint density at radius 3 is 2.53 bits per heavy atom. The standard InChI is InChI=1S/C10H9F3INO4/c1-3-18-9(16)6-8(19-10(11,12)13)7(17-2)5(14)4-15-6/h4H,3H2,1-2H3. The molecule has 9 heteroatoms. The molecule has 1 aromatic heterocycles. The Labute approximate surface area is 120 Å². The van der Waals surface area contributed by atoms with Crippen molar-refractivity contribution < 1.29 is 32.2 Å². The zero-order valence-electron chi connectivity index (χ0n) is 9.88. The van der Waals surface area contributed by atoms with E-state index in [4.69, 9.17) is 4.74 Å². The van der Waals surface area contributed by atoms with Crippen LogP contribution >= 0.6 is 22.6 Å². The van der Waals surface area contributed by atoms with Crippen molar-refractivity contribution in [3.63, 3.8) is 0 Å². The average Bonchev–Trinajstić information content (AvgIpc) is 2.27. The molecule has 0 aliphatic heterocycles. The molecule has 1 rings (SSSR count). The lowest BCUT2D eigenvalue weighted by molar-refractivity contribution is -0.275. The minimum Gasteiger partial charge on any atom is -0.492 e. The highest BCUT2D eigenvalue weighted by Crippen LogP contribution is 2.38. The van der Waals surface area contributed by atoms with E-state index in [9.17, 15) is 18.0 Å². The van der Waals surface area contributed by atoms with Crippen molar-refractivity contribution in [1.29, 1.82) is 0 Å². The molecule has 0 amide bonds. The van der Waals surface area contributed by atoms with Crippen LogP contribution in [0.3, 0.4) is 0 Å². The Morgan fingerprint density at radius 1 is 1.42 bits per heavy atom. The Bertz CT molecular complexity index is 479. The van der Waals surface area contributed by atoms with Crippen LogP contribution in [0.4, 0.5) is 13.2 Å². The molecule has 19 heavy (non-hydrogen) atoms. The van der Waals surface area contributed by atoms with Gasteiger partial charge in [0.15, 0.2) is 11.4 Å². The number of hydrogen-bond acceptors (Lipinski definition) is 5. The normalized spacial score (nSPS) is 11.1. The Balaban J connectivity index is 3.34. The highest BCUT2D eigenvalue weighted by molar-refractivity contribution is 14.1. The molecule has 0 N–H and O–H groups in total. The predicted molar refractivity (Wildman–Crippen MR) is 66.1 cm³/mol. The maximum absolute atomic E-state index is 12.4. The summed E-state index contributed by atoms with van der Waals surface area (Å²) in [5.41, 5.74) is -0.587. The van der Waals surface area contributed by atoms with E-state index in [1.807, 2.05) is 0 Å². The van der Waals surface area contributed by atoms with Crippen molar-refractivity contribution >= 4 is 28.6 Å². The van der Waals surface area contributed by atoms with E-state index in [0.29, 0.717) is 0 Å². The number of carbonyl (C=O) groups excluding carboxylic acids is 1. The first kappa shape index (κ1) is 15.8. The molecule has 1 aromatic rings. The van der Waals surface area contributed by atoms with E-state index in [1.165, 1.54) is 13.1 Å². The highest BCUT2D eigenvalue weighted by Gasteiger charge is 2.36. The summed E-state index contributed by atoms with van der Waals surface area (Å²) in [5, 5.41) is 0. The number of carbonyl (C=O) groups is 1. The summed E-state index contributed by atoms with van der Waals surface area (Å²) in [6.45, 7) is 1.52. The van der Waals surface area contributed by atoms with Crippen molar-refractivity contribution in [2.75, 3.05) is 13.7 Å². The summed E-state index contributed by atoms with van der Waals surface area (Å²) in [6.07, 6.45) is -3.78. The number of halogens is 4. The predicted octanol–water partition coefficient (Wildman–Crippen LogP) is 2.77. The fourth-order valence-corrected chi connectivity index (χ4v) is 1.80. The number of hydrogen-bond donors (Lipinski definition) is 0. The lowest BCUT2D eigenvalue weighted by Gasteiger charge is -2.15. The summed E-state index contributed by atoms with van der Waals surface area (Å²) in [7, 11) is 1.16. The fraction of sp³-hybridized carbons (Fsp3) is 0.400. The van der Waals surface area contributed by atoms with Gasteiger partial charge in [-0.1, -0.05) is 0 Å².